The molecule has 0 aromatic rings. The van der Waals surface area contributed by atoms with Crippen molar-refractivity contribution in [3.05, 3.63) is 0 Å². The van der Waals surface area contributed by atoms with Crippen molar-refractivity contribution in [2.75, 3.05) is 32.7 Å². The molecule has 120 valence electrons. The largest absolute Gasteiger partial charge is 0.329 e. The van der Waals surface area contributed by atoms with Crippen LogP contribution in [0.25, 0.3) is 0 Å². The molecule has 1 aliphatic heterocycles. The van der Waals surface area contributed by atoms with E-state index in [0.29, 0.717) is 5.54 Å². The third kappa shape index (κ3) is 2.66. The smallest absolute Gasteiger partial charge is 0.0333 e. The van der Waals surface area contributed by atoms with E-state index >= 15 is 0 Å². The van der Waals surface area contributed by atoms with Crippen molar-refractivity contribution in [2.45, 2.75) is 75.8 Å². The van der Waals surface area contributed by atoms with Gasteiger partial charge in [0.05, 0.1) is 0 Å². The standard InChI is InChI=1S/C18H33N3/c19-15-18(9-7-17(8-10-18)5-1-2-6-17)21-13-11-20(12-14-21)16-3-4-16/h16H,1-15,19H2. The lowest BCUT2D eigenvalue weighted by atomic mass is 9.65. The fraction of sp³-hybridized carbons (Fsp3) is 1.00. The van der Waals surface area contributed by atoms with Crippen LogP contribution in [0.4, 0.5) is 0 Å². The fourth-order valence-electron chi connectivity index (χ4n) is 5.52. The molecule has 3 heteroatoms. The molecule has 2 N–H and O–H groups in total. The molecule has 1 heterocycles. The van der Waals surface area contributed by atoms with Gasteiger partial charge in [0, 0.05) is 44.3 Å². The Balaban J connectivity index is 1.38. The Bertz CT molecular complexity index is 353. The van der Waals surface area contributed by atoms with E-state index in [4.69, 9.17) is 5.73 Å². The van der Waals surface area contributed by atoms with Crippen LogP contribution in [-0.2, 0) is 0 Å². The monoisotopic (exact) mass is 291 g/mol. The van der Waals surface area contributed by atoms with Crippen LogP contribution in [0.2, 0.25) is 0 Å². The molecule has 4 aliphatic rings. The topological polar surface area (TPSA) is 32.5 Å². The van der Waals surface area contributed by atoms with Crippen molar-refractivity contribution in [2.24, 2.45) is 11.1 Å². The Hall–Kier alpha value is -0.120. The molecule has 0 radical (unpaired) electrons. The van der Waals surface area contributed by atoms with E-state index in [9.17, 15) is 0 Å². The van der Waals surface area contributed by atoms with Crippen LogP contribution in [0.3, 0.4) is 0 Å². The van der Waals surface area contributed by atoms with Crippen LogP contribution in [0.5, 0.6) is 0 Å². The first kappa shape index (κ1) is 14.5. The molecule has 0 atom stereocenters. The third-order valence-corrected chi connectivity index (χ3v) is 7.33. The van der Waals surface area contributed by atoms with Gasteiger partial charge in [0.15, 0.2) is 0 Å². The van der Waals surface area contributed by atoms with Crippen LogP contribution in [0.15, 0.2) is 0 Å². The number of piperazine rings is 1. The summed E-state index contributed by atoms with van der Waals surface area (Å²) in [6.45, 7) is 5.99. The van der Waals surface area contributed by atoms with Crippen LogP contribution in [0.1, 0.15) is 64.2 Å². The molecule has 3 nitrogen and oxygen atoms in total. The van der Waals surface area contributed by atoms with E-state index in [1.807, 2.05) is 0 Å². The number of nitrogens with two attached hydrogens (primary N) is 1. The van der Waals surface area contributed by atoms with Crippen LogP contribution < -0.4 is 5.73 Å². The summed E-state index contributed by atoms with van der Waals surface area (Å²) in [4.78, 5) is 5.51. The highest BCUT2D eigenvalue weighted by molar-refractivity contribution is 5.03. The Morgan fingerprint density at radius 3 is 1.95 bits per heavy atom. The Morgan fingerprint density at radius 2 is 1.43 bits per heavy atom. The molecule has 3 aliphatic carbocycles. The van der Waals surface area contributed by atoms with Gasteiger partial charge in [-0.1, -0.05) is 12.8 Å². The van der Waals surface area contributed by atoms with Gasteiger partial charge < -0.3 is 5.73 Å². The first-order valence-corrected chi connectivity index (χ1v) is 9.45. The molecule has 0 amide bonds. The molecule has 0 aromatic carbocycles. The van der Waals surface area contributed by atoms with Gasteiger partial charge in [-0.15, -0.1) is 0 Å². The zero-order chi connectivity index (χ0) is 14.3. The molecule has 0 aromatic heterocycles. The molecule has 0 bridgehead atoms. The predicted molar refractivity (Wildman–Crippen MR) is 87.3 cm³/mol. The van der Waals surface area contributed by atoms with E-state index in [1.54, 1.807) is 0 Å². The summed E-state index contributed by atoms with van der Waals surface area (Å²) in [6, 6.07) is 0.939. The van der Waals surface area contributed by atoms with Gasteiger partial charge in [-0.05, 0) is 56.8 Å². The number of rotatable bonds is 3. The summed E-state index contributed by atoms with van der Waals surface area (Å²) in [6.07, 6.45) is 14.5. The zero-order valence-electron chi connectivity index (χ0n) is 13.7. The average Bonchev–Trinajstić information content (AvgIpc) is 3.30. The van der Waals surface area contributed by atoms with Crippen molar-refractivity contribution in [1.82, 2.24) is 9.80 Å². The molecule has 4 rings (SSSR count). The summed E-state index contributed by atoms with van der Waals surface area (Å²) in [7, 11) is 0. The number of nitrogens with zero attached hydrogens (tertiary/aromatic N) is 2. The molecule has 1 spiro atoms. The summed E-state index contributed by atoms with van der Waals surface area (Å²) < 4.78 is 0. The predicted octanol–water partition coefficient (Wildman–Crippen LogP) is 2.60. The number of hydrogen-bond donors (Lipinski definition) is 1. The van der Waals surface area contributed by atoms with E-state index < -0.39 is 0 Å². The minimum Gasteiger partial charge on any atom is -0.329 e. The molecule has 0 unspecified atom stereocenters. The van der Waals surface area contributed by atoms with Crippen molar-refractivity contribution in [3.63, 3.8) is 0 Å². The maximum absolute atomic E-state index is 6.31. The van der Waals surface area contributed by atoms with Gasteiger partial charge in [0.2, 0.25) is 0 Å². The summed E-state index contributed by atoms with van der Waals surface area (Å²) in [5.41, 5.74) is 7.39. The zero-order valence-corrected chi connectivity index (χ0v) is 13.7. The van der Waals surface area contributed by atoms with Gasteiger partial charge in [-0.3, -0.25) is 9.80 Å². The quantitative estimate of drug-likeness (QED) is 0.867. The SMILES string of the molecule is NCC1(N2CCN(C3CC3)CC2)CCC2(CCCC2)CC1. The van der Waals surface area contributed by atoms with Crippen molar-refractivity contribution >= 4 is 0 Å². The van der Waals surface area contributed by atoms with Crippen molar-refractivity contribution in [3.8, 4) is 0 Å². The first-order valence-electron chi connectivity index (χ1n) is 9.45. The molecular formula is C18H33N3. The van der Waals surface area contributed by atoms with Gasteiger partial charge >= 0.3 is 0 Å². The summed E-state index contributed by atoms with van der Waals surface area (Å²) in [5, 5.41) is 0. The average molecular weight is 291 g/mol. The highest BCUT2D eigenvalue weighted by Crippen LogP contribution is 2.52. The molecule has 4 fully saturated rings. The second-order valence-electron chi connectivity index (χ2n) is 8.39. The Labute approximate surface area is 130 Å². The highest BCUT2D eigenvalue weighted by Gasteiger charge is 2.46. The van der Waals surface area contributed by atoms with Crippen LogP contribution >= 0.6 is 0 Å². The van der Waals surface area contributed by atoms with Gasteiger partial charge in [0.25, 0.3) is 0 Å². The second kappa shape index (κ2) is 5.50. The van der Waals surface area contributed by atoms with E-state index in [1.165, 1.54) is 90.4 Å². The maximum atomic E-state index is 6.31. The fourth-order valence-corrected chi connectivity index (χ4v) is 5.52. The molecule has 1 saturated heterocycles. The van der Waals surface area contributed by atoms with Gasteiger partial charge in [-0.25, -0.2) is 0 Å². The van der Waals surface area contributed by atoms with E-state index in [0.717, 1.165) is 18.0 Å². The van der Waals surface area contributed by atoms with E-state index in [-0.39, 0.29) is 0 Å². The Kier molecular flexibility index (Phi) is 3.79. The summed E-state index contributed by atoms with van der Waals surface area (Å²) >= 11 is 0. The maximum Gasteiger partial charge on any atom is 0.0333 e. The van der Waals surface area contributed by atoms with Gasteiger partial charge in [-0.2, -0.15) is 0 Å². The molecule has 3 saturated carbocycles. The normalized spacial score (nSPS) is 33.6. The third-order valence-electron chi connectivity index (χ3n) is 7.33. The number of hydrogen-bond acceptors (Lipinski definition) is 3. The lowest BCUT2D eigenvalue weighted by Gasteiger charge is -2.53. The molecule has 21 heavy (non-hydrogen) atoms. The van der Waals surface area contributed by atoms with Crippen LogP contribution in [0, 0.1) is 5.41 Å². The van der Waals surface area contributed by atoms with Crippen LogP contribution in [-0.4, -0.2) is 54.1 Å². The van der Waals surface area contributed by atoms with E-state index in [2.05, 4.69) is 9.80 Å². The minimum atomic E-state index is 0.351. The minimum absolute atomic E-state index is 0.351. The van der Waals surface area contributed by atoms with Crippen molar-refractivity contribution < 1.29 is 0 Å². The highest BCUT2D eigenvalue weighted by atomic mass is 15.3. The Morgan fingerprint density at radius 1 is 0.810 bits per heavy atom. The molecular weight excluding hydrogens is 258 g/mol. The van der Waals surface area contributed by atoms with Crippen molar-refractivity contribution in [1.29, 1.82) is 0 Å². The summed E-state index contributed by atoms with van der Waals surface area (Å²) in [5.74, 6) is 0. The second-order valence-corrected chi connectivity index (χ2v) is 8.39. The lowest BCUT2D eigenvalue weighted by Crippen LogP contribution is -2.62. The first-order chi connectivity index (χ1) is 10.3. The lowest BCUT2D eigenvalue weighted by molar-refractivity contribution is -0.0162. The van der Waals surface area contributed by atoms with Gasteiger partial charge in [0.1, 0.15) is 0 Å².